The average Bonchev–Trinajstić information content (AvgIpc) is 2.98. The van der Waals surface area contributed by atoms with E-state index in [1.165, 1.54) is 22.8 Å². The average molecular weight is 411 g/mol. The van der Waals surface area contributed by atoms with Gasteiger partial charge in [-0.15, -0.1) is 0 Å². The SMILES string of the molecule is CC1c2[nH]c3ccc(Cl)cc3c2CCN1CC(O)c1cc(Cl)c(Cl)cn1. The summed E-state index contributed by atoms with van der Waals surface area (Å²) in [5.41, 5.74) is 4.12. The Morgan fingerprint density at radius 1 is 1.27 bits per heavy atom. The van der Waals surface area contributed by atoms with E-state index >= 15 is 0 Å². The van der Waals surface area contributed by atoms with Gasteiger partial charge in [-0.3, -0.25) is 9.88 Å². The third-order valence-electron chi connectivity index (χ3n) is 5.09. The summed E-state index contributed by atoms with van der Waals surface area (Å²) in [6.45, 7) is 3.47. The maximum Gasteiger partial charge on any atom is 0.109 e. The molecule has 1 aliphatic heterocycles. The Morgan fingerprint density at radius 3 is 2.85 bits per heavy atom. The fourth-order valence-corrected chi connectivity index (χ4v) is 4.11. The van der Waals surface area contributed by atoms with Gasteiger partial charge in [0, 0.05) is 46.9 Å². The molecule has 2 aromatic heterocycles. The molecule has 0 saturated carbocycles. The first-order valence-electron chi connectivity index (χ1n) is 8.47. The van der Waals surface area contributed by atoms with E-state index < -0.39 is 6.10 Å². The summed E-state index contributed by atoms with van der Waals surface area (Å²) >= 11 is 18.1. The van der Waals surface area contributed by atoms with Crippen molar-refractivity contribution in [2.75, 3.05) is 13.1 Å². The van der Waals surface area contributed by atoms with Gasteiger partial charge in [0.25, 0.3) is 0 Å². The largest absolute Gasteiger partial charge is 0.385 e. The number of β-amino-alcohol motifs (C(OH)–C–C–N with tert-alkyl or cyclic N) is 1. The predicted octanol–water partition coefficient (Wildman–Crippen LogP) is 5.18. The standard InChI is InChI=1S/C19H18Cl3N3O/c1-10-19-12(13-6-11(20)2-3-16(13)24-19)4-5-25(10)9-18(26)17-7-14(21)15(22)8-23-17/h2-3,6-8,10,18,24,26H,4-5,9H2,1H3. The van der Waals surface area contributed by atoms with Crippen molar-refractivity contribution in [1.29, 1.82) is 0 Å². The second kappa shape index (κ2) is 7.02. The number of aliphatic hydroxyl groups excluding tert-OH is 1. The summed E-state index contributed by atoms with van der Waals surface area (Å²) < 4.78 is 0. The van der Waals surface area contributed by atoms with Crippen LogP contribution in [0.5, 0.6) is 0 Å². The highest BCUT2D eigenvalue weighted by Gasteiger charge is 2.29. The zero-order chi connectivity index (χ0) is 18.4. The summed E-state index contributed by atoms with van der Waals surface area (Å²) in [7, 11) is 0. The van der Waals surface area contributed by atoms with Gasteiger partial charge in [-0.05, 0) is 43.2 Å². The van der Waals surface area contributed by atoms with Crippen LogP contribution in [0.4, 0.5) is 0 Å². The fourth-order valence-electron chi connectivity index (χ4n) is 3.67. The number of benzene rings is 1. The zero-order valence-electron chi connectivity index (χ0n) is 14.1. The molecule has 2 atom stereocenters. The molecule has 0 fully saturated rings. The first-order valence-corrected chi connectivity index (χ1v) is 9.60. The Morgan fingerprint density at radius 2 is 2.08 bits per heavy atom. The summed E-state index contributed by atoms with van der Waals surface area (Å²) in [4.78, 5) is 9.96. The molecule has 2 N–H and O–H groups in total. The van der Waals surface area contributed by atoms with Crippen LogP contribution in [0.1, 0.15) is 36.0 Å². The number of H-pyrrole nitrogens is 1. The number of nitrogens with zero attached hydrogens (tertiary/aromatic N) is 2. The molecule has 0 amide bonds. The molecule has 0 aliphatic carbocycles. The van der Waals surface area contributed by atoms with Gasteiger partial charge in [0.15, 0.2) is 0 Å². The Hall–Kier alpha value is -1.30. The van der Waals surface area contributed by atoms with E-state index in [0.29, 0.717) is 22.3 Å². The number of aromatic nitrogens is 2. The molecule has 3 heterocycles. The van der Waals surface area contributed by atoms with E-state index in [0.717, 1.165) is 23.5 Å². The lowest BCUT2D eigenvalue weighted by Crippen LogP contribution is -2.37. The van der Waals surface area contributed by atoms with E-state index in [2.05, 4.69) is 21.8 Å². The van der Waals surface area contributed by atoms with Gasteiger partial charge in [0.1, 0.15) is 6.10 Å². The van der Waals surface area contributed by atoms with Crippen molar-refractivity contribution in [3.8, 4) is 0 Å². The van der Waals surface area contributed by atoms with Crippen LogP contribution >= 0.6 is 34.8 Å². The number of hydrogen-bond donors (Lipinski definition) is 2. The lowest BCUT2D eigenvalue weighted by Gasteiger charge is -2.34. The lowest BCUT2D eigenvalue weighted by atomic mass is 9.97. The minimum Gasteiger partial charge on any atom is -0.385 e. The van der Waals surface area contributed by atoms with E-state index in [4.69, 9.17) is 34.8 Å². The van der Waals surface area contributed by atoms with Crippen molar-refractivity contribution >= 4 is 45.7 Å². The molecule has 1 aromatic carbocycles. The van der Waals surface area contributed by atoms with Gasteiger partial charge >= 0.3 is 0 Å². The van der Waals surface area contributed by atoms with Crippen molar-refractivity contribution < 1.29 is 5.11 Å². The van der Waals surface area contributed by atoms with Crippen LogP contribution in [0.2, 0.25) is 15.1 Å². The molecule has 4 nitrogen and oxygen atoms in total. The molecule has 26 heavy (non-hydrogen) atoms. The highest BCUT2D eigenvalue weighted by atomic mass is 35.5. The number of pyridine rings is 1. The first kappa shape index (κ1) is 18.1. The summed E-state index contributed by atoms with van der Waals surface area (Å²) in [6, 6.07) is 7.71. The number of fused-ring (bicyclic) bond motifs is 3. The van der Waals surface area contributed by atoms with E-state index in [1.54, 1.807) is 6.07 Å². The fraction of sp³-hybridized carbons (Fsp3) is 0.316. The van der Waals surface area contributed by atoms with Crippen LogP contribution in [-0.4, -0.2) is 33.1 Å². The molecular weight excluding hydrogens is 393 g/mol. The predicted molar refractivity (Wildman–Crippen MR) is 106 cm³/mol. The van der Waals surface area contributed by atoms with Gasteiger partial charge in [-0.1, -0.05) is 34.8 Å². The van der Waals surface area contributed by atoms with Crippen molar-refractivity contribution in [2.45, 2.75) is 25.5 Å². The van der Waals surface area contributed by atoms with Crippen LogP contribution in [0.3, 0.4) is 0 Å². The highest BCUT2D eigenvalue weighted by Crippen LogP contribution is 2.36. The third kappa shape index (κ3) is 3.21. The van der Waals surface area contributed by atoms with Crippen molar-refractivity contribution in [3.63, 3.8) is 0 Å². The molecule has 4 rings (SSSR count). The van der Waals surface area contributed by atoms with Gasteiger partial charge < -0.3 is 10.1 Å². The molecule has 0 radical (unpaired) electrons. The summed E-state index contributed by atoms with van der Waals surface area (Å²) in [5.74, 6) is 0. The minimum absolute atomic E-state index is 0.155. The molecule has 0 spiro atoms. The van der Waals surface area contributed by atoms with E-state index in [9.17, 15) is 5.11 Å². The maximum absolute atomic E-state index is 10.6. The Kier molecular flexibility index (Phi) is 4.88. The van der Waals surface area contributed by atoms with Crippen molar-refractivity contribution in [1.82, 2.24) is 14.9 Å². The van der Waals surface area contributed by atoms with E-state index in [1.807, 2.05) is 18.2 Å². The number of hydrogen-bond acceptors (Lipinski definition) is 3. The number of halogens is 3. The van der Waals surface area contributed by atoms with E-state index in [-0.39, 0.29) is 6.04 Å². The Balaban J connectivity index is 1.58. The van der Waals surface area contributed by atoms with Crippen LogP contribution in [0.25, 0.3) is 10.9 Å². The minimum atomic E-state index is -0.729. The van der Waals surface area contributed by atoms with Crippen LogP contribution in [-0.2, 0) is 6.42 Å². The van der Waals surface area contributed by atoms with Crippen LogP contribution < -0.4 is 0 Å². The van der Waals surface area contributed by atoms with Gasteiger partial charge in [-0.2, -0.15) is 0 Å². The molecule has 0 bridgehead atoms. The smallest absolute Gasteiger partial charge is 0.109 e. The quantitative estimate of drug-likeness (QED) is 0.626. The Labute approximate surface area is 166 Å². The Bertz CT molecular complexity index is 972. The van der Waals surface area contributed by atoms with Crippen LogP contribution in [0.15, 0.2) is 30.5 Å². The second-order valence-corrected chi connectivity index (χ2v) is 7.92. The molecular formula is C19H18Cl3N3O. The van der Waals surface area contributed by atoms with Crippen molar-refractivity contribution in [2.24, 2.45) is 0 Å². The topological polar surface area (TPSA) is 52.2 Å². The van der Waals surface area contributed by atoms with Crippen molar-refractivity contribution in [3.05, 3.63) is 62.5 Å². The molecule has 2 unspecified atom stereocenters. The number of aliphatic hydroxyl groups is 1. The summed E-state index contributed by atoms with van der Waals surface area (Å²) in [6.07, 6.45) is 1.65. The number of nitrogens with one attached hydrogen (secondary N) is 1. The second-order valence-electron chi connectivity index (χ2n) is 6.67. The molecule has 7 heteroatoms. The number of rotatable bonds is 3. The zero-order valence-corrected chi connectivity index (χ0v) is 16.4. The van der Waals surface area contributed by atoms with Gasteiger partial charge in [0.05, 0.1) is 15.7 Å². The third-order valence-corrected chi connectivity index (χ3v) is 6.04. The number of aromatic amines is 1. The van der Waals surface area contributed by atoms with Gasteiger partial charge in [-0.25, -0.2) is 0 Å². The maximum atomic E-state index is 10.6. The normalized spacial score (nSPS) is 18.9. The van der Waals surface area contributed by atoms with Gasteiger partial charge in [0.2, 0.25) is 0 Å². The molecule has 1 aliphatic rings. The molecule has 3 aromatic rings. The highest BCUT2D eigenvalue weighted by molar-refractivity contribution is 6.41. The first-order chi connectivity index (χ1) is 12.4. The lowest BCUT2D eigenvalue weighted by molar-refractivity contribution is 0.0830. The molecule has 0 saturated heterocycles. The monoisotopic (exact) mass is 409 g/mol. The molecule has 136 valence electrons. The van der Waals surface area contributed by atoms with Crippen LogP contribution in [0, 0.1) is 0 Å². The summed E-state index contributed by atoms with van der Waals surface area (Å²) in [5, 5.41) is 13.3.